The van der Waals surface area contributed by atoms with E-state index in [1.165, 1.54) is 5.56 Å². The Labute approximate surface area is 170 Å². The number of nitrogens with one attached hydrogen (secondary N) is 1. The molecule has 3 aromatic rings. The molecule has 0 aliphatic heterocycles. The van der Waals surface area contributed by atoms with Gasteiger partial charge in [0.25, 0.3) is 5.91 Å². The summed E-state index contributed by atoms with van der Waals surface area (Å²) in [5.41, 5.74) is 1.86. The van der Waals surface area contributed by atoms with Gasteiger partial charge in [-0.1, -0.05) is 25.5 Å². The molecule has 3 rings (SSSR count). The predicted octanol–water partition coefficient (Wildman–Crippen LogP) is 5.08. The Kier molecular flexibility index (Phi) is 6.79. The van der Waals surface area contributed by atoms with E-state index < -0.39 is 0 Å². The summed E-state index contributed by atoms with van der Waals surface area (Å²) in [6.07, 6.45) is 2.16. The van der Waals surface area contributed by atoms with E-state index in [1.54, 1.807) is 44.6 Å². The molecule has 1 aromatic heterocycles. The summed E-state index contributed by atoms with van der Waals surface area (Å²) in [5, 5.41) is 2.78. The molecule has 29 heavy (non-hydrogen) atoms. The third-order valence-electron chi connectivity index (χ3n) is 4.37. The zero-order valence-corrected chi connectivity index (χ0v) is 16.9. The molecule has 1 amide bonds. The molecule has 0 bridgehead atoms. The molecule has 2 aromatic carbocycles. The third-order valence-corrected chi connectivity index (χ3v) is 4.37. The third kappa shape index (κ3) is 5.31. The Morgan fingerprint density at radius 1 is 0.966 bits per heavy atom. The molecule has 0 radical (unpaired) electrons. The minimum Gasteiger partial charge on any atom is -0.493 e. The van der Waals surface area contributed by atoms with E-state index in [-0.39, 0.29) is 18.3 Å². The van der Waals surface area contributed by atoms with Gasteiger partial charge in [-0.15, -0.1) is 0 Å². The molecule has 0 unspecified atom stereocenters. The highest BCUT2D eigenvalue weighted by Gasteiger charge is 2.13. The van der Waals surface area contributed by atoms with Crippen LogP contribution in [0.4, 0.5) is 5.69 Å². The fourth-order valence-electron chi connectivity index (χ4n) is 2.88. The first-order valence-electron chi connectivity index (χ1n) is 9.46. The number of aryl methyl sites for hydroxylation is 1. The molecule has 0 spiro atoms. The van der Waals surface area contributed by atoms with Crippen molar-refractivity contribution in [2.75, 3.05) is 19.5 Å². The van der Waals surface area contributed by atoms with Crippen LogP contribution in [0.1, 0.15) is 35.2 Å². The number of benzene rings is 2. The number of ether oxygens (including phenoxy) is 3. The number of carbonyl (C=O) groups is 1. The van der Waals surface area contributed by atoms with E-state index in [0.29, 0.717) is 22.9 Å². The van der Waals surface area contributed by atoms with Crippen LogP contribution in [0.25, 0.3) is 0 Å². The molecular formula is C23H25NO5. The maximum absolute atomic E-state index is 12.4. The Hall–Kier alpha value is -3.41. The Bertz CT molecular complexity index is 946. The molecule has 6 heteroatoms. The summed E-state index contributed by atoms with van der Waals surface area (Å²) in [4.78, 5) is 12.4. The Balaban J connectivity index is 1.58. The molecule has 0 aliphatic carbocycles. The van der Waals surface area contributed by atoms with E-state index in [4.69, 9.17) is 18.6 Å². The van der Waals surface area contributed by atoms with Crippen molar-refractivity contribution in [3.05, 3.63) is 71.7 Å². The van der Waals surface area contributed by atoms with Crippen LogP contribution in [-0.2, 0) is 13.0 Å². The summed E-state index contributed by atoms with van der Waals surface area (Å²) in [6.45, 7) is 2.40. The van der Waals surface area contributed by atoms with Gasteiger partial charge in [0.2, 0.25) is 0 Å². The van der Waals surface area contributed by atoms with Crippen LogP contribution < -0.4 is 19.5 Å². The second-order valence-electron chi connectivity index (χ2n) is 6.47. The summed E-state index contributed by atoms with van der Waals surface area (Å²) in [5.74, 6) is 2.30. The second kappa shape index (κ2) is 9.68. The summed E-state index contributed by atoms with van der Waals surface area (Å²) in [6, 6.07) is 16.5. The molecule has 0 saturated heterocycles. The van der Waals surface area contributed by atoms with Crippen LogP contribution in [0, 0.1) is 0 Å². The molecule has 152 valence electrons. The van der Waals surface area contributed by atoms with Crippen molar-refractivity contribution in [3.8, 4) is 17.2 Å². The number of rotatable bonds is 9. The Morgan fingerprint density at radius 3 is 2.41 bits per heavy atom. The van der Waals surface area contributed by atoms with E-state index in [9.17, 15) is 4.79 Å². The number of carbonyl (C=O) groups excluding carboxylic acids is 1. The van der Waals surface area contributed by atoms with Gasteiger partial charge in [-0.05, 0) is 48.4 Å². The van der Waals surface area contributed by atoms with Gasteiger partial charge in [0.05, 0.1) is 14.2 Å². The van der Waals surface area contributed by atoms with Gasteiger partial charge in [-0.3, -0.25) is 4.79 Å². The summed E-state index contributed by atoms with van der Waals surface area (Å²) < 4.78 is 21.8. The number of anilines is 1. The van der Waals surface area contributed by atoms with E-state index >= 15 is 0 Å². The molecule has 0 aliphatic rings. The highest BCUT2D eigenvalue weighted by atomic mass is 16.5. The maximum atomic E-state index is 12.4. The van der Waals surface area contributed by atoms with Crippen molar-refractivity contribution in [2.24, 2.45) is 0 Å². The van der Waals surface area contributed by atoms with Crippen LogP contribution in [0.3, 0.4) is 0 Å². The van der Waals surface area contributed by atoms with Crippen LogP contribution in [0.5, 0.6) is 17.2 Å². The van der Waals surface area contributed by atoms with E-state index in [1.807, 2.05) is 12.1 Å². The second-order valence-corrected chi connectivity index (χ2v) is 6.47. The average molecular weight is 395 g/mol. The van der Waals surface area contributed by atoms with E-state index in [0.717, 1.165) is 18.6 Å². The molecule has 1 N–H and O–H groups in total. The van der Waals surface area contributed by atoms with Crippen molar-refractivity contribution in [3.63, 3.8) is 0 Å². The Morgan fingerprint density at radius 2 is 1.72 bits per heavy atom. The first-order valence-corrected chi connectivity index (χ1v) is 9.46. The highest BCUT2D eigenvalue weighted by molar-refractivity contribution is 6.02. The van der Waals surface area contributed by atoms with Crippen molar-refractivity contribution in [2.45, 2.75) is 26.4 Å². The first kappa shape index (κ1) is 20.3. The van der Waals surface area contributed by atoms with Gasteiger partial charge in [-0.25, -0.2) is 0 Å². The molecular weight excluding hydrogens is 370 g/mol. The zero-order valence-electron chi connectivity index (χ0n) is 16.9. The van der Waals surface area contributed by atoms with E-state index in [2.05, 4.69) is 24.4 Å². The van der Waals surface area contributed by atoms with Gasteiger partial charge < -0.3 is 23.9 Å². The molecule has 6 nitrogen and oxygen atoms in total. The average Bonchev–Trinajstić information content (AvgIpc) is 3.22. The van der Waals surface area contributed by atoms with Crippen molar-refractivity contribution in [1.29, 1.82) is 0 Å². The van der Waals surface area contributed by atoms with Gasteiger partial charge in [0.15, 0.2) is 17.3 Å². The first-order chi connectivity index (χ1) is 14.1. The van der Waals surface area contributed by atoms with Gasteiger partial charge in [0, 0.05) is 11.8 Å². The molecule has 0 atom stereocenters. The molecule has 0 saturated carbocycles. The summed E-state index contributed by atoms with van der Waals surface area (Å²) >= 11 is 0. The molecule has 1 heterocycles. The molecule has 0 fully saturated rings. The van der Waals surface area contributed by atoms with Crippen LogP contribution in [0.2, 0.25) is 0 Å². The van der Waals surface area contributed by atoms with Crippen molar-refractivity contribution < 1.29 is 23.4 Å². The lowest BCUT2D eigenvalue weighted by molar-refractivity contribution is 0.0992. The standard InChI is InChI=1S/C23H25NO5/c1-4-5-16-6-9-18(10-7-16)28-15-19-11-13-21(29-19)23(25)24-17-8-12-20(26-2)22(14-17)27-3/h6-14H,4-5,15H2,1-3H3,(H,24,25). The monoisotopic (exact) mass is 395 g/mol. The van der Waals surface area contributed by atoms with Gasteiger partial charge >= 0.3 is 0 Å². The largest absolute Gasteiger partial charge is 0.493 e. The normalized spacial score (nSPS) is 10.4. The number of hydrogen-bond donors (Lipinski definition) is 1. The SMILES string of the molecule is CCCc1ccc(OCc2ccc(C(=O)Nc3ccc(OC)c(OC)c3)o2)cc1. The van der Waals surface area contributed by atoms with Gasteiger partial charge in [0.1, 0.15) is 18.1 Å². The van der Waals surface area contributed by atoms with Crippen LogP contribution in [-0.4, -0.2) is 20.1 Å². The number of methoxy groups -OCH3 is 2. The topological polar surface area (TPSA) is 69.9 Å². The number of hydrogen-bond acceptors (Lipinski definition) is 5. The fraction of sp³-hybridized carbons (Fsp3) is 0.261. The van der Waals surface area contributed by atoms with Crippen molar-refractivity contribution in [1.82, 2.24) is 0 Å². The van der Waals surface area contributed by atoms with Gasteiger partial charge in [-0.2, -0.15) is 0 Å². The number of furan rings is 1. The highest BCUT2D eigenvalue weighted by Crippen LogP contribution is 2.30. The van der Waals surface area contributed by atoms with Crippen LogP contribution in [0.15, 0.2) is 59.0 Å². The zero-order chi connectivity index (χ0) is 20.6. The van der Waals surface area contributed by atoms with Crippen molar-refractivity contribution >= 4 is 11.6 Å². The lowest BCUT2D eigenvalue weighted by atomic mass is 10.1. The minimum absolute atomic E-state index is 0.205. The van der Waals surface area contributed by atoms with Crippen LogP contribution >= 0.6 is 0 Å². The number of amides is 1. The summed E-state index contributed by atoms with van der Waals surface area (Å²) in [7, 11) is 3.10. The quantitative estimate of drug-likeness (QED) is 0.547. The lowest BCUT2D eigenvalue weighted by Gasteiger charge is -2.10. The smallest absolute Gasteiger partial charge is 0.291 e. The fourth-order valence-corrected chi connectivity index (χ4v) is 2.88. The minimum atomic E-state index is -0.354. The lowest BCUT2D eigenvalue weighted by Crippen LogP contribution is -2.11. The predicted molar refractivity (Wildman–Crippen MR) is 111 cm³/mol. The maximum Gasteiger partial charge on any atom is 0.291 e.